The van der Waals surface area contributed by atoms with Crippen molar-refractivity contribution in [2.24, 2.45) is 0 Å². The number of aldehydes is 1. The molecule has 4 nitrogen and oxygen atoms in total. The number of carbonyl (C=O) groups excluding carboxylic acids is 2. The minimum Gasteiger partial charge on any atom is -0.335 e. The van der Waals surface area contributed by atoms with E-state index >= 15 is 0 Å². The Morgan fingerprint density at radius 3 is 2.67 bits per heavy atom. The second-order valence-electron chi connectivity index (χ2n) is 3.10. The Bertz CT molecular complexity index is 182. The highest BCUT2D eigenvalue weighted by Crippen LogP contribution is 1.99. The molecule has 1 saturated heterocycles. The lowest BCUT2D eigenvalue weighted by Gasteiger charge is -2.16. The Kier molecular flexibility index (Phi) is 3.22. The van der Waals surface area contributed by atoms with E-state index < -0.39 is 0 Å². The summed E-state index contributed by atoms with van der Waals surface area (Å²) in [7, 11) is 2.02. The third kappa shape index (κ3) is 2.30. The van der Waals surface area contributed by atoms with E-state index in [-0.39, 0.29) is 5.91 Å². The van der Waals surface area contributed by atoms with Crippen LogP contribution in [0.15, 0.2) is 0 Å². The standard InChI is InChI=1S/C8H14N2O2/c1-9-3-2-4-10(6-5-9)8(12)7-11/h7H,2-6H2,1H3. The summed E-state index contributed by atoms with van der Waals surface area (Å²) in [6.07, 6.45) is 1.35. The predicted octanol–water partition coefficient (Wildman–Crippen LogP) is -0.651. The van der Waals surface area contributed by atoms with Crippen molar-refractivity contribution in [3.8, 4) is 0 Å². The van der Waals surface area contributed by atoms with Crippen LogP contribution in [0.3, 0.4) is 0 Å². The zero-order valence-electron chi connectivity index (χ0n) is 7.32. The third-order valence-corrected chi connectivity index (χ3v) is 2.13. The summed E-state index contributed by atoms with van der Waals surface area (Å²) < 4.78 is 0. The molecule has 4 heteroatoms. The maximum absolute atomic E-state index is 11.0. The predicted molar refractivity (Wildman–Crippen MR) is 44.8 cm³/mol. The monoisotopic (exact) mass is 170 g/mol. The molecular formula is C8H14N2O2. The van der Waals surface area contributed by atoms with Crippen molar-refractivity contribution in [1.82, 2.24) is 9.80 Å². The normalized spacial score (nSPS) is 20.2. The van der Waals surface area contributed by atoms with Crippen LogP contribution >= 0.6 is 0 Å². The van der Waals surface area contributed by atoms with E-state index in [0.717, 1.165) is 19.5 Å². The lowest BCUT2D eigenvalue weighted by Crippen LogP contribution is -2.35. The van der Waals surface area contributed by atoms with E-state index in [4.69, 9.17) is 0 Å². The second-order valence-corrected chi connectivity index (χ2v) is 3.10. The molecule has 1 aliphatic heterocycles. The van der Waals surface area contributed by atoms with Crippen LogP contribution in [0.2, 0.25) is 0 Å². The average molecular weight is 170 g/mol. The molecule has 0 aromatic heterocycles. The number of nitrogens with zero attached hydrogens (tertiary/aromatic N) is 2. The van der Waals surface area contributed by atoms with Crippen LogP contribution in [0.25, 0.3) is 0 Å². The lowest BCUT2D eigenvalue weighted by atomic mass is 10.4. The van der Waals surface area contributed by atoms with Crippen molar-refractivity contribution in [3.05, 3.63) is 0 Å². The second kappa shape index (κ2) is 4.21. The molecule has 0 radical (unpaired) electrons. The summed E-state index contributed by atoms with van der Waals surface area (Å²) >= 11 is 0. The van der Waals surface area contributed by atoms with Gasteiger partial charge >= 0.3 is 0 Å². The Morgan fingerprint density at radius 2 is 2.00 bits per heavy atom. The quantitative estimate of drug-likeness (QED) is 0.388. The van der Waals surface area contributed by atoms with Crippen LogP contribution in [0.5, 0.6) is 0 Å². The Hall–Kier alpha value is -0.900. The van der Waals surface area contributed by atoms with Gasteiger partial charge in [-0.3, -0.25) is 9.59 Å². The van der Waals surface area contributed by atoms with E-state index in [1.54, 1.807) is 4.90 Å². The third-order valence-electron chi connectivity index (χ3n) is 2.13. The van der Waals surface area contributed by atoms with Crippen LogP contribution in [-0.4, -0.2) is 55.2 Å². The molecule has 0 atom stereocenters. The fourth-order valence-electron chi connectivity index (χ4n) is 1.34. The molecule has 0 aromatic rings. The van der Waals surface area contributed by atoms with Gasteiger partial charge in [0.25, 0.3) is 5.91 Å². The SMILES string of the molecule is CN1CCCN(C(=O)C=O)CC1. The number of likely N-dealkylation sites (N-methyl/N-ethyl adjacent to an activating group) is 1. The molecule has 1 aliphatic rings. The largest absolute Gasteiger partial charge is 0.335 e. The smallest absolute Gasteiger partial charge is 0.286 e. The molecule has 0 unspecified atom stereocenters. The molecule has 0 bridgehead atoms. The molecule has 0 aromatic carbocycles. The van der Waals surface area contributed by atoms with Crippen molar-refractivity contribution in [3.63, 3.8) is 0 Å². The van der Waals surface area contributed by atoms with Crippen molar-refractivity contribution in [2.75, 3.05) is 33.2 Å². The summed E-state index contributed by atoms with van der Waals surface area (Å²) in [5.74, 6) is -0.384. The average Bonchev–Trinajstić information content (AvgIpc) is 2.29. The van der Waals surface area contributed by atoms with Crippen LogP contribution in [0.4, 0.5) is 0 Å². The van der Waals surface area contributed by atoms with Gasteiger partial charge in [0.1, 0.15) is 0 Å². The zero-order chi connectivity index (χ0) is 8.97. The van der Waals surface area contributed by atoms with E-state index in [1.165, 1.54) is 0 Å². The highest BCUT2D eigenvalue weighted by atomic mass is 16.2. The van der Waals surface area contributed by atoms with Gasteiger partial charge < -0.3 is 9.80 Å². The molecule has 68 valence electrons. The number of hydrogen-bond acceptors (Lipinski definition) is 3. The Morgan fingerprint density at radius 1 is 1.25 bits per heavy atom. The molecule has 0 aliphatic carbocycles. The summed E-state index contributed by atoms with van der Waals surface area (Å²) in [4.78, 5) is 24.9. The molecule has 1 rings (SSSR count). The number of hydrogen-bond donors (Lipinski definition) is 0. The van der Waals surface area contributed by atoms with Gasteiger partial charge in [0.05, 0.1) is 0 Å². The van der Waals surface area contributed by atoms with Gasteiger partial charge in [0, 0.05) is 19.6 Å². The van der Waals surface area contributed by atoms with Crippen molar-refractivity contribution >= 4 is 12.2 Å². The number of rotatable bonds is 1. The number of carbonyl (C=O) groups is 2. The van der Waals surface area contributed by atoms with Gasteiger partial charge in [-0.2, -0.15) is 0 Å². The minimum atomic E-state index is -0.384. The first-order valence-electron chi connectivity index (χ1n) is 4.16. The molecule has 0 spiro atoms. The van der Waals surface area contributed by atoms with Crippen LogP contribution < -0.4 is 0 Å². The van der Waals surface area contributed by atoms with Crippen LogP contribution in [0.1, 0.15) is 6.42 Å². The first-order valence-corrected chi connectivity index (χ1v) is 4.16. The van der Waals surface area contributed by atoms with Crippen molar-refractivity contribution < 1.29 is 9.59 Å². The van der Waals surface area contributed by atoms with Crippen molar-refractivity contribution in [2.45, 2.75) is 6.42 Å². The Labute approximate surface area is 72.1 Å². The number of amides is 1. The fourth-order valence-corrected chi connectivity index (χ4v) is 1.34. The van der Waals surface area contributed by atoms with Gasteiger partial charge in [-0.05, 0) is 20.0 Å². The van der Waals surface area contributed by atoms with E-state index in [1.807, 2.05) is 7.05 Å². The van der Waals surface area contributed by atoms with Gasteiger partial charge in [-0.25, -0.2) is 0 Å². The molecule has 1 heterocycles. The highest BCUT2D eigenvalue weighted by Gasteiger charge is 2.15. The van der Waals surface area contributed by atoms with Gasteiger partial charge in [0.15, 0.2) is 0 Å². The zero-order valence-corrected chi connectivity index (χ0v) is 7.32. The molecule has 12 heavy (non-hydrogen) atoms. The Balaban J connectivity index is 2.45. The maximum Gasteiger partial charge on any atom is 0.286 e. The van der Waals surface area contributed by atoms with Gasteiger partial charge in [0.2, 0.25) is 6.29 Å². The fraction of sp³-hybridized carbons (Fsp3) is 0.750. The maximum atomic E-state index is 11.0. The van der Waals surface area contributed by atoms with Crippen LogP contribution in [0, 0.1) is 0 Å². The van der Waals surface area contributed by atoms with E-state index in [0.29, 0.717) is 19.4 Å². The van der Waals surface area contributed by atoms with Gasteiger partial charge in [-0.15, -0.1) is 0 Å². The summed E-state index contributed by atoms with van der Waals surface area (Å²) in [5.41, 5.74) is 0. The topological polar surface area (TPSA) is 40.6 Å². The molecule has 1 amide bonds. The van der Waals surface area contributed by atoms with Crippen LogP contribution in [-0.2, 0) is 9.59 Å². The molecule has 1 fully saturated rings. The lowest BCUT2D eigenvalue weighted by molar-refractivity contribution is -0.138. The molecule has 0 N–H and O–H groups in total. The summed E-state index contributed by atoms with van der Waals surface area (Å²) in [6, 6.07) is 0. The highest BCUT2D eigenvalue weighted by molar-refractivity contribution is 6.23. The van der Waals surface area contributed by atoms with E-state index in [2.05, 4.69) is 4.90 Å². The first-order chi connectivity index (χ1) is 5.74. The summed E-state index contributed by atoms with van der Waals surface area (Å²) in [6.45, 7) is 3.25. The molecule has 0 saturated carbocycles. The minimum absolute atomic E-state index is 0.384. The molecular weight excluding hydrogens is 156 g/mol. The summed E-state index contributed by atoms with van der Waals surface area (Å²) in [5, 5.41) is 0. The van der Waals surface area contributed by atoms with E-state index in [9.17, 15) is 9.59 Å². The first kappa shape index (κ1) is 9.19. The van der Waals surface area contributed by atoms with Crippen molar-refractivity contribution in [1.29, 1.82) is 0 Å². The van der Waals surface area contributed by atoms with Gasteiger partial charge in [-0.1, -0.05) is 0 Å².